The second-order valence-electron chi connectivity index (χ2n) is 4.45. The van der Waals surface area contributed by atoms with E-state index in [4.69, 9.17) is 0 Å². The van der Waals surface area contributed by atoms with Crippen LogP contribution in [0.1, 0.15) is 25.0 Å². The zero-order valence-electron chi connectivity index (χ0n) is 8.24. The van der Waals surface area contributed by atoms with Crippen LogP contribution in [0.4, 0.5) is 0 Å². The van der Waals surface area contributed by atoms with E-state index >= 15 is 0 Å². The maximum absolute atomic E-state index is 10.6. The highest BCUT2D eigenvalue weighted by atomic mass is 16.3. The van der Waals surface area contributed by atoms with Crippen LogP contribution in [0.5, 0.6) is 0 Å². The number of hydrogen-bond donors (Lipinski definition) is 2. The number of nitrogens with zero attached hydrogens (tertiary/aromatic N) is 1. The van der Waals surface area contributed by atoms with Crippen molar-refractivity contribution < 1.29 is 5.11 Å². The summed E-state index contributed by atoms with van der Waals surface area (Å²) >= 11 is 0. The van der Waals surface area contributed by atoms with E-state index in [-0.39, 0.29) is 0 Å². The fourth-order valence-electron chi connectivity index (χ4n) is 3.03. The fourth-order valence-corrected chi connectivity index (χ4v) is 3.03. The van der Waals surface area contributed by atoms with Crippen LogP contribution in [0.25, 0.3) is 0 Å². The van der Waals surface area contributed by atoms with E-state index in [1.165, 1.54) is 6.42 Å². The van der Waals surface area contributed by atoms with Crippen molar-refractivity contribution in [2.75, 3.05) is 13.1 Å². The molecule has 2 fully saturated rings. The predicted molar refractivity (Wildman–Crippen MR) is 53.9 cm³/mol. The molecule has 3 heterocycles. The molecule has 2 aliphatic rings. The molecule has 2 saturated heterocycles. The number of hydrogen-bond acceptors (Lipinski definition) is 2. The van der Waals surface area contributed by atoms with Crippen molar-refractivity contribution in [3.05, 3.63) is 24.0 Å². The standard InChI is InChI=1S/C11H16N2O/c14-11(9-3-1-6-12-9)5-8-13-7-2-4-10(11)13/h1,3,6,10,12,14H,2,4-5,7-8H2. The quantitative estimate of drug-likeness (QED) is 0.698. The third-order valence-corrected chi connectivity index (χ3v) is 3.76. The molecule has 0 bridgehead atoms. The molecule has 2 N–H and O–H groups in total. The first kappa shape index (κ1) is 8.50. The summed E-state index contributed by atoms with van der Waals surface area (Å²) in [5.74, 6) is 0. The molecule has 3 nitrogen and oxygen atoms in total. The van der Waals surface area contributed by atoms with Gasteiger partial charge in [0.05, 0.1) is 0 Å². The number of aliphatic hydroxyl groups is 1. The average Bonchev–Trinajstić information content (AvgIpc) is 2.84. The predicted octanol–water partition coefficient (Wildman–Crippen LogP) is 1.07. The van der Waals surface area contributed by atoms with Gasteiger partial charge in [0.2, 0.25) is 0 Å². The van der Waals surface area contributed by atoms with Crippen molar-refractivity contribution in [2.24, 2.45) is 0 Å². The van der Waals surface area contributed by atoms with E-state index in [1.54, 1.807) is 0 Å². The number of fused-ring (bicyclic) bond motifs is 1. The lowest BCUT2D eigenvalue weighted by Crippen LogP contribution is -2.38. The minimum absolute atomic E-state index is 0.348. The highest BCUT2D eigenvalue weighted by Gasteiger charge is 2.49. The van der Waals surface area contributed by atoms with Crippen molar-refractivity contribution in [1.82, 2.24) is 9.88 Å². The van der Waals surface area contributed by atoms with Crippen molar-refractivity contribution in [2.45, 2.75) is 30.9 Å². The van der Waals surface area contributed by atoms with Crippen molar-refractivity contribution in [3.8, 4) is 0 Å². The highest BCUT2D eigenvalue weighted by Crippen LogP contribution is 2.41. The normalized spacial score (nSPS) is 37.6. The molecule has 0 amide bonds. The second kappa shape index (κ2) is 2.84. The molecule has 0 spiro atoms. The molecule has 0 saturated carbocycles. The number of rotatable bonds is 1. The van der Waals surface area contributed by atoms with Crippen LogP contribution in [-0.4, -0.2) is 34.1 Å². The first-order chi connectivity index (χ1) is 6.81. The summed E-state index contributed by atoms with van der Waals surface area (Å²) in [7, 11) is 0. The average molecular weight is 192 g/mol. The van der Waals surface area contributed by atoms with E-state index in [0.717, 1.165) is 31.6 Å². The third-order valence-electron chi connectivity index (χ3n) is 3.76. The number of aromatic nitrogens is 1. The van der Waals surface area contributed by atoms with Gasteiger partial charge in [0.15, 0.2) is 0 Å². The van der Waals surface area contributed by atoms with Gasteiger partial charge in [-0.05, 0) is 37.9 Å². The van der Waals surface area contributed by atoms with Gasteiger partial charge < -0.3 is 10.1 Å². The van der Waals surface area contributed by atoms with Gasteiger partial charge in [-0.2, -0.15) is 0 Å². The summed E-state index contributed by atoms with van der Waals surface area (Å²) in [6.07, 6.45) is 5.13. The number of aromatic amines is 1. The molecule has 3 rings (SSSR count). The van der Waals surface area contributed by atoms with Crippen LogP contribution >= 0.6 is 0 Å². The Morgan fingerprint density at radius 3 is 3.21 bits per heavy atom. The van der Waals surface area contributed by atoms with Gasteiger partial charge in [0, 0.05) is 24.5 Å². The fraction of sp³-hybridized carbons (Fsp3) is 0.636. The van der Waals surface area contributed by atoms with Crippen LogP contribution in [0, 0.1) is 0 Å². The van der Waals surface area contributed by atoms with Gasteiger partial charge in [-0.25, -0.2) is 0 Å². The summed E-state index contributed by atoms with van der Waals surface area (Å²) in [6, 6.07) is 4.31. The molecule has 0 aliphatic carbocycles. The summed E-state index contributed by atoms with van der Waals surface area (Å²) in [6.45, 7) is 2.20. The molecule has 2 unspecified atom stereocenters. The van der Waals surface area contributed by atoms with Crippen LogP contribution in [0.3, 0.4) is 0 Å². The topological polar surface area (TPSA) is 39.3 Å². The molecule has 2 aliphatic heterocycles. The molecular weight excluding hydrogens is 176 g/mol. The molecular formula is C11H16N2O. The molecule has 1 aromatic rings. The lowest BCUT2D eigenvalue weighted by Gasteiger charge is -2.28. The van der Waals surface area contributed by atoms with Gasteiger partial charge in [-0.1, -0.05) is 0 Å². The zero-order valence-corrected chi connectivity index (χ0v) is 8.24. The Hall–Kier alpha value is -0.800. The van der Waals surface area contributed by atoms with E-state index in [2.05, 4.69) is 9.88 Å². The van der Waals surface area contributed by atoms with Crippen molar-refractivity contribution >= 4 is 0 Å². The maximum atomic E-state index is 10.6. The van der Waals surface area contributed by atoms with Gasteiger partial charge in [0.25, 0.3) is 0 Å². The first-order valence-electron chi connectivity index (χ1n) is 5.41. The Labute approximate surface area is 83.7 Å². The smallest absolute Gasteiger partial charge is 0.121 e. The van der Waals surface area contributed by atoms with Crippen LogP contribution in [0.2, 0.25) is 0 Å². The lowest BCUT2D eigenvalue weighted by molar-refractivity contribution is 0.00584. The van der Waals surface area contributed by atoms with Gasteiger partial charge >= 0.3 is 0 Å². The Morgan fingerprint density at radius 1 is 1.50 bits per heavy atom. The van der Waals surface area contributed by atoms with E-state index in [9.17, 15) is 5.11 Å². The molecule has 3 heteroatoms. The summed E-state index contributed by atoms with van der Waals surface area (Å²) < 4.78 is 0. The van der Waals surface area contributed by atoms with Crippen LogP contribution < -0.4 is 0 Å². The largest absolute Gasteiger partial charge is 0.382 e. The first-order valence-corrected chi connectivity index (χ1v) is 5.41. The Kier molecular flexibility index (Phi) is 1.73. The maximum Gasteiger partial charge on any atom is 0.121 e. The van der Waals surface area contributed by atoms with E-state index in [0.29, 0.717) is 6.04 Å². The minimum Gasteiger partial charge on any atom is -0.382 e. The summed E-state index contributed by atoms with van der Waals surface area (Å²) in [5, 5.41) is 10.6. The third kappa shape index (κ3) is 0.996. The van der Waals surface area contributed by atoms with Crippen molar-refractivity contribution in [1.29, 1.82) is 0 Å². The van der Waals surface area contributed by atoms with Crippen LogP contribution in [-0.2, 0) is 5.60 Å². The molecule has 2 atom stereocenters. The van der Waals surface area contributed by atoms with Crippen LogP contribution in [0.15, 0.2) is 18.3 Å². The summed E-state index contributed by atoms with van der Waals surface area (Å²) in [5.41, 5.74) is 0.381. The SMILES string of the molecule is OC1(c2ccc[nH]2)CCN2CCCC21. The molecule has 14 heavy (non-hydrogen) atoms. The molecule has 76 valence electrons. The number of nitrogens with one attached hydrogen (secondary N) is 1. The summed E-state index contributed by atoms with van der Waals surface area (Å²) in [4.78, 5) is 5.57. The van der Waals surface area contributed by atoms with Crippen molar-refractivity contribution in [3.63, 3.8) is 0 Å². The molecule has 0 radical (unpaired) electrons. The lowest BCUT2D eigenvalue weighted by atomic mass is 9.89. The minimum atomic E-state index is -0.611. The molecule has 1 aromatic heterocycles. The van der Waals surface area contributed by atoms with Gasteiger partial charge in [0.1, 0.15) is 5.60 Å². The number of H-pyrrole nitrogens is 1. The van der Waals surface area contributed by atoms with Gasteiger partial charge in [-0.15, -0.1) is 0 Å². The molecule has 0 aromatic carbocycles. The Morgan fingerprint density at radius 2 is 2.43 bits per heavy atom. The van der Waals surface area contributed by atoms with Gasteiger partial charge in [-0.3, -0.25) is 4.90 Å². The van der Waals surface area contributed by atoms with E-state index in [1.807, 2.05) is 18.3 Å². The highest BCUT2D eigenvalue weighted by molar-refractivity contribution is 5.20. The monoisotopic (exact) mass is 192 g/mol. The van der Waals surface area contributed by atoms with E-state index < -0.39 is 5.60 Å². The Balaban J connectivity index is 1.97. The zero-order chi connectivity index (χ0) is 9.60. The Bertz CT molecular complexity index is 322. The second-order valence-corrected chi connectivity index (χ2v) is 4.45.